The number of halogens is 17. The number of allylic oxidation sites excluding steroid dienone is 1. The summed E-state index contributed by atoms with van der Waals surface area (Å²) in [6.45, 7) is 1.32. The number of nitrogen functional groups attached to an aromatic ring is 1. The highest BCUT2D eigenvalue weighted by Gasteiger charge is 2.93. The lowest BCUT2D eigenvalue weighted by Crippen LogP contribution is -2.72. The van der Waals surface area contributed by atoms with Crippen LogP contribution in [0.5, 0.6) is 5.75 Å². The number of nitrogens with two attached hydrogens (primary N) is 1. The van der Waals surface area contributed by atoms with Gasteiger partial charge in [0.25, 0.3) is 0 Å². The van der Waals surface area contributed by atoms with Gasteiger partial charge in [0.05, 0.1) is 5.69 Å². The van der Waals surface area contributed by atoms with Crippen LogP contribution in [-0.2, 0) is 0 Å². The summed E-state index contributed by atoms with van der Waals surface area (Å²) in [5, 5.41) is 0. The molecule has 0 aromatic heterocycles. The Labute approximate surface area is 182 Å². The predicted molar refractivity (Wildman–Crippen MR) is 81.2 cm³/mol. The first-order valence-electron chi connectivity index (χ1n) is 8.15. The van der Waals surface area contributed by atoms with Crippen molar-refractivity contribution in [3.63, 3.8) is 0 Å². The van der Waals surface area contributed by atoms with Crippen LogP contribution in [0.2, 0.25) is 0 Å². The maximum atomic E-state index is 13.7. The molecule has 1 aromatic carbocycles. The van der Waals surface area contributed by atoms with Gasteiger partial charge in [-0.15, -0.1) is 0 Å². The fourth-order valence-corrected chi connectivity index (χ4v) is 2.13. The van der Waals surface area contributed by atoms with Crippen molar-refractivity contribution >= 4 is 5.69 Å². The quantitative estimate of drug-likeness (QED) is 0.207. The number of hydrogen-bond acceptors (Lipinski definition) is 2. The zero-order valence-electron chi connectivity index (χ0n) is 16.1. The van der Waals surface area contributed by atoms with Crippen molar-refractivity contribution in [1.82, 2.24) is 0 Å². The minimum absolute atomic E-state index is 0.259. The average molecular weight is 553 g/mol. The van der Waals surface area contributed by atoms with Crippen LogP contribution < -0.4 is 10.5 Å². The molecule has 0 heterocycles. The number of ether oxygens (including phenoxy) is 1. The second kappa shape index (κ2) is 8.49. The number of anilines is 1. The summed E-state index contributed by atoms with van der Waals surface area (Å²) in [4.78, 5) is 0. The van der Waals surface area contributed by atoms with E-state index in [4.69, 9.17) is 5.73 Å². The van der Waals surface area contributed by atoms with Crippen molar-refractivity contribution in [2.24, 2.45) is 0 Å². The van der Waals surface area contributed by atoms with Crippen molar-refractivity contribution in [1.29, 1.82) is 0 Å². The van der Waals surface area contributed by atoms with Crippen LogP contribution in [0.15, 0.2) is 30.0 Å². The Balaban J connectivity index is 3.61. The molecule has 0 amide bonds. The van der Waals surface area contributed by atoms with Crippen LogP contribution in [-0.4, -0.2) is 41.7 Å². The number of alkyl halides is 15. The highest BCUT2D eigenvalue weighted by Crippen LogP contribution is 2.63. The molecule has 0 aliphatic carbocycles. The number of benzene rings is 1. The largest absolute Gasteiger partial charge is 0.460 e. The summed E-state index contributed by atoms with van der Waals surface area (Å²) < 4.78 is 227. The molecule has 2 N–H and O–H groups in total. The molecule has 35 heavy (non-hydrogen) atoms. The molecule has 0 bridgehead atoms. The lowest BCUT2D eigenvalue weighted by atomic mass is 9.91. The molecule has 0 saturated heterocycles. The third kappa shape index (κ3) is 4.41. The number of hydrogen-bond donors (Lipinski definition) is 1. The molecule has 0 radical (unpaired) electrons. The smallest absolute Gasteiger partial charge is 0.427 e. The summed E-state index contributed by atoms with van der Waals surface area (Å²) in [7, 11) is 0. The van der Waals surface area contributed by atoms with E-state index in [1.807, 2.05) is 0 Å². The molecule has 0 atom stereocenters. The Hall–Kier alpha value is -2.63. The minimum atomic E-state index is -8.63. The van der Waals surface area contributed by atoms with E-state index < -0.39 is 65.0 Å². The molecule has 0 aliphatic heterocycles. The van der Waals surface area contributed by atoms with Crippen LogP contribution in [0.25, 0.3) is 0 Å². The van der Waals surface area contributed by atoms with E-state index in [0.717, 1.165) is 12.1 Å². The Morgan fingerprint density at radius 3 is 1.46 bits per heavy atom. The maximum absolute atomic E-state index is 13.7. The normalized spacial score (nSPS) is 15.7. The fourth-order valence-electron chi connectivity index (χ4n) is 2.13. The van der Waals surface area contributed by atoms with E-state index in [1.54, 1.807) is 0 Å². The van der Waals surface area contributed by atoms with Gasteiger partial charge in [-0.05, 0) is 24.6 Å². The average Bonchev–Trinajstić information content (AvgIpc) is 2.67. The molecule has 0 unspecified atom stereocenters. The fraction of sp³-hybridized carbons (Fsp3) is 0.500. The van der Waals surface area contributed by atoms with Gasteiger partial charge in [0.2, 0.25) is 5.83 Å². The minimum Gasteiger partial charge on any atom is -0.427 e. The van der Waals surface area contributed by atoms with Crippen molar-refractivity contribution in [3.8, 4) is 5.75 Å². The van der Waals surface area contributed by atoms with Crippen LogP contribution in [0.1, 0.15) is 5.56 Å². The second-order valence-electron chi connectivity index (χ2n) is 6.68. The van der Waals surface area contributed by atoms with Gasteiger partial charge in [0, 0.05) is 0 Å². The Kier molecular flexibility index (Phi) is 7.38. The number of rotatable bonds is 8. The standard InChI is InChI=1S/C16H8F17NO/c1-5-2-3-7(6(34)4-5)35-9(18)8(17)10(19,20)11(21,22)12(23,24)13(25,26)14(27,28)15(29,30)16(31,32)33/h2-4H,34H2,1H3. The molecule has 2 nitrogen and oxygen atoms in total. The zero-order chi connectivity index (χ0) is 28.2. The maximum Gasteiger partial charge on any atom is 0.460 e. The van der Waals surface area contributed by atoms with Crippen LogP contribution in [0.4, 0.5) is 80.3 Å². The lowest BCUT2D eigenvalue weighted by Gasteiger charge is -2.41. The Bertz CT molecular complexity index is 979. The van der Waals surface area contributed by atoms with E-state index in [2.05, 4.69) is 4.74 Å². The Morgan fingerprint density at radius 1 is 0.657 bits per heavy atom. The molecular formula is C16H8F17NO. The molecule has 202 valence electrons. The highest BCUT2D eigenvalue weighted by atomic mass is 19.4. The zero-order valence-corrected chi connectivity index (χ0v) is 16.1. The third-order valence-electron chi connectivity index (χ3n) is 4.14. The van der Waals surface area contributed by atoms with Crippen molar-refractivity contribution < 1.29 is 79.4 Å². The summed E-state index contributed by atoms with van der Waals surface area (Å²) >= 11 is 0. The second-order valence-corrected chi connectivity index (χ2v) is 6.68. The predicted octanol–water partition coefficient (Wildman–Crippen LogP) is 7.44. The van der Waals surface area contributed by atoms with Crippen LogP contribution in [0, 0.1) is 6.92 Å². The van der Waals surface area contributed by atoms with E-state index in [9.17, 15) is 74.6 Å². The van der Waals surface area contributed by atoms with Gasteiger partial charge in [0.1, 0.15) is 0 Å². The van der Waals surface area contributed by atoms with Gasteiger partial charge in [-0.25, -0.2) is 0 Å². The molecule has 0 fully saturated rings. The monoisotopic (exact) mass is 553 g/mol. The molecule has 0 spiro atoms. The molecule has 1 aromatic rings. The summed E-state index contributed by atoms with van der Waals surface area (Å²) in [6.07, 6.45) is -7.78. The van der Waals surface area contributed by atoms with Crippen molar-refractivity contribution in [3.05, 3.63) is 35.6 Å². The van der Waals surface area contributed by atoms with E-state index in [1.165, 1.54) is 6.92 Å². The highest BCUT2D eigenvalue weighted by molar-refractivity contribution is 5.54. The molecule has 19 heteroatoms. The molecular weight excluding hydrogens is 545 g/mol. The van der Waals surface area contributed by atoms with Crippen LogP contribution >= 0.6 is 0 Å². The van der Waals surface area contributed by atoms with Gasteiger partial charge in [0.15, 0.2) is 5.75 Å². The Morgan fingerprint density at radius 2 is 1.06 bits per heavy atom. The van der Waals surface area contributed by atoms with Crippen LogP contribution in [0.3, 0.4) is 0 Å². The topological polar surface area (TPSA) is 35.2 Å². The summed E-state index contributed by atoms with van der Waals surface area (Å²) in [5.74, 6) is -55.4. The molecule has 1 rings (SSSR count). The van der Waals surface area contributed by atoms with Gasteiger partial charge >= 0.3 is 47.7 Å². The summed E-state index contributed by atoms with van der Waals surface area (Å²) in [5.41, 5.74) is 4.72. The first-order chi connectivity index (χ1) is 15.2. The van der Waals surface area contributed by atoms with Gasteiger partial charge in [-0.2, -0.15) is 74.6 Å². The van der Waals surface area contributed by atoms with Crippen molar-refractivity contribution in [2.75, 3.05) is 5.73 Å². The molecule has 0 aliphatic rings. The lowest BCUT2D eigenvalue weighted by molar-refractivity contribution is -0.451. The first-order valence-corrected chi connectivity index (χ1v) is 8.15. The summed E-state index contributed by atoms with van der Waals surface area (Å²) in [6, 6.07) is -1.14. The third-order valence-corrected chi connectivity index (χ3v) is 4.14. The van der Waals surface area contributed by atoms with Crippen molar-refractivity contribution in [2.45, 2.75) is 48.6 Å². The van der Waals surface area contributed by atoms with Gasteiger partial charge in [-0.1, -0.05) is 6.07 Å². The van der Waals surface area contributed by atoms with E-state index in [-0.39, 0.29) is 5.56 Å². The first kappa shape index (κ1) is 30.4. The van der Waals surface area contributed by atoms with Gasteiger partial charge in [-0.3, -0.25) is 0 Å². The van der Waals surface area contributed by atoms with E-state index in [0.29, 0.717) is 6.07 Å². The van der Waals surface area contributed by atoms with Gasteiger partial charge < -0.3 is 10.5 Å². The SMILES string of the molecule is Cc1ccc(OC(F)=C(F)C(F)(F)C(F)(F)C(F)(F)C(F)(F)C(F)(F)C(F)(F)C(F)(F)F)c(N)c1. The van der Waals surface area contributed by atoms with E-state index >= 15 is 0 Å². The molecule has 0 saturated carbocycles. The number of aryl methyl sites for hydroxylation is 1.